The third-order valence-electron chi connectivity index (χ3n) is 2.57. The molecule has 0 heterocycles. The van der Waals surface area contributed by atoms with Gasteiger partial charge in [-0.1, -0.05) is 31.9 Å². The Hall–Kier alpha value is -1.32. The van der Waals surface area contributed by atoms with Crippen LogP contribution in [0.25, 0.3) is 0 Å². The van der Waals surface area contributed by atoms with E-state index in [0.717, 1.165) is 32.1 Å². The van der Waals surface area contributed by atoms with Crippen LogP contribution in [0.2, 0.25) is 0 Å². The zero-order valence-corrected chi connectivity index (χ0v) is 10.4. The Morgan fingerprint density at radius 2 is 1.76 bits per heavy atom. The van der Waals surface area contributed by atoms with Crippen LogP contribution in [-0.2, 0) is 9.59 Å². The van der Waals surface area contributed by atoms with Gasteiger partial charge in [-0.15, -0.1) is 0 Å². The lowest BCUT2D eigenvalue weighted by molar-refractivity contribution is -0.148. The molecule has 0 aliphatic heterocycles. The fourth-order valence-corrected chi connectivity index (χ4v) is 1.58. The number of unbranched alkanes of at least 4 members (excludes halogenated alkanes) is 3. The molecule has 0 aliphatic rings. The minimum absolute atomic E-state index is 0.277. The lowest BCUT2D eigenvalue weighted by atomic mass is 9.98. The summed E-state index contributed by atoms with van der Waals surface area (Å²) >= 11 is 0. The van der Waals surface area contributed by atoms with Gasteiger partial charge in [-0.3, -0.25) is 9.59 Å². The first kappa shape index (κ1) is 15.7. The molecule has 2 N–H and O–H groups in total. The van der Waals surface area contributed by atoms with E-state index in [1.54, 1.807) is 0 Å². The van der Waals surface area contributed by atoms with E-state index >= 15 is 0 Å². The van der Waals surface area contributed by atoms with Gasteiger partial charge in [0.05, 0.1) is 12.3 Å². The largest absolute Gasteiger partial charge is 0.481 e. The summed E-state index contributed by atoms with van der Waals surface area (Å²) in [4.78, 5) is 21.2. The summed E-state index contributed by atoms with van der Waals surface area (Å²) in [6.07, 6.45) is 9.25. The number of rotatable bonds is 10. The minimum atomic E-state index is -1.04. The second-order valence-electron chi connectivity index (χ2n) is 4.18. The SMILES string of the molecule is CCC/C=C/CCCCC(CC(=O)O)C(=O)O. The molecule has 0 amide bonds. The van der Waals surface area contributed by atoms with Crippen LogP contribution in [0.4, 0.5) is 0 Å². The summed E-state index contributed by atoms with van der Waals surface area (Å²) in [6, 6.07) is 0. The molecule has 0 aromatic heterocycles. The van der Waals surface area contributed by atoms with Gasteiger partial charge in [0, 0.05) is 0 Å². The van der Waals surface area contributed by atoms with E-state index in [1.807, 2.05) is 0 Å². The summed E-state index contributed by atoms with van der Waals surface area (Å²) < 4.78 is 0. The second kappa shape index (κ2) is 9.87. The maximum atomic E-state index is 10.8. The highest BCUT2D eigenvalue weighted by Crippen LogP contribution is 2.14. The van der Waals surface area contributed by atoms with E-state index in [9.17, 15) is 9.59 Å². The molecule has 98 valence electrons. The third kappa shape index (κ3) is 9.60. The van der Waals surface area contributed by atoms with Gasteiger partial charge in [0.25, 0.3) is 0 Å². The zero-order valence-electron chi connectivity index (χ0n) is 10.4. The topological polar surface area (TPSA) is 74.6 Å². The van der Waals surface area contributed by atoms with Gasteiger partial charge < -0.3 is 10.2 Å². The fraction of sp³-hybridized carbons (Fsp3) is 0.692. The fourth-order valence-electron chi connectivity index (χ4n) is 1.58. The molecule has 1 unspecified atom stereocenters. The van der Waals surface area contributed by atoms with Gasteiger partial charge in [-0.2, -0.15) is 0 Å². The van der Waals surface area contributed by atoms with E-state index < -0.39 is 17.9 Å². The molecule has 0 aromatic rings. The quantitative estimate of drug-likeness (QED) is 0.456. The van der Waals surface area contributed by atoms with E-state index in [0.29, 0.717) is 6.42 Å². The monoisotopic (exact) mass is 242 g/mol. The molecule has 4 heteroatoms. The molecular weight excluding hydrogens is 220 g/mol. The van der Waals surface area contributed by atoms with Crippen LogP contribution in [0, 0.1) is 5.92 Å². The Labute approximate surface area is 102 Å². The molecule has 0 radical (unpaired) electrons. The number of carbonyl (C=O) groups is 2. The first-order chi connectivity index (χ1) is 8.07. The molecule has 0 bridgehead atoms. The Bertz CT molecular complexity index is 258. The molecule has 0 saturated heterocycles. The summed E-state index contributed by atoms with van der Waals surface area (Å²) in [6.45, 7) is 2.12. The third-order valence-corrected chi connectivity index (χ3v) is 2.57. The second-order valence-corrected chi connectivity index (χ2v) is 4.18. The standard InChI is InChI=1S/C13H22O4/c1-2-3-4-5-6-7-8-9-11(13(16)17)10-12(14)15/h4-5,11H,2-3,6-10H2,1H3,(H,14,15)(H,16,17)/b5-4+. The zero-order chi connectivity index (χ0) is 13.1. The number of allylic oxidation sites excluding steroid dienone is 2. The first-order valence-electron chi connectivity index (χ1n) is 6.17. The van der Waals surface area contributed by atoms with E-state index in [1.165, 1.54) is 0 Å². The number of carboxylic acids is 2. The van der Waals surface area contributed by atoms with Gasteiger partial charge in [-0.05, 0) is 25.7 Å². The maximum Gasteiger partial charge on any atom is 0.307 e. The van der Waals surface area contributed by atoms with Crippen LogP contribution in [-0.4, -0.2) is 22.2 Å². The number of aliphatic carboxylic acids is 2. The highest BCUT2D eigenvalue weighted by molar-refractivity contribution is 5.77. The molecule has 17 heavy (non-hydrogen) atoms. The van der Waals surface area contributed by atoms with Gasteiger partial charge >= 0.3 is 11.9 Å². The van der Waals surface area contributed by atoms with Crippen molar-refractivity contribution in [2.45, 2.75) is 51.9 Å². The summed E-state index contributed by atoms with van der Waals surface area (Å²) in [5.74, 6) is -2.79. The molecule has 4 nitrogen and oxygen atoms in total. The molecule has 0 fully saturated rings. The van der Waals surface area contributed by atoms with Crippen molar-refractivity contribution < 1.29 is 19.8 Å². The van der Waals surface area contributed by atoms with Crippen molar-refractivity contribution in [2.75, 3.05) is 0 Å². The van der Waals surface area contributed by atoms with Crippen molar-refractivity contribution in [3.8, 4) is 0 Å². The molecule has 0 spiro atoms. The first-order valence-corrected chi connectivity index (χ1v) is 6.17. The van der Waals surface area contributed by atoms with Crippen molar-refractivity contribution in [2.24, 2.45) is 5.92 Å². The number of hydrogen-bond donors (Lipinski definition) is 2. The lowest BCUT2D eigenvalue weighted by Gasteiger charge is -2.08. The van der Waals surface area contributed by atoms with Gasteiger partial charge in [-0.25, -0.2) is 0 Å². The van der Waals surface area contributed by atoms with Gasteiger partial charge in [0.1, 0.15) is 0 Å². The summed E-state index contributed by atoms with van der Waals surface area (Å²) in [5.41, 5.74) is 0. The Balaban J connectivity index is 3.68. The lowest BCUT2D eigenvalue weighted by Crippen LogP contribution is -2.17. The average molecular weight is 242 g/mol. The van der Waals surface area contributed by atoms with Crippen molar-refractivity contribution in [1.29, 1.82) is 0 Å². The maximum absolute atomic E-state index is 10.8. The Kier molecular flexibility index (Phi) is 9.11. The molecule has 1 atom stereocenters. The van der Waals surface area contributed by atoms with Crippen LogP contribution in [0.15, 0.2) is 12.2 Å². The van der Waals surface area contributed by atoms with Crippen molar-refractivity contribution in [1.82, 2.24) is 0 Å². The number of hydrogen-bond acceptors (Lipinski definition) is 2. The van der Waals surface area contributed by atoms with Gasteiger partial charge in [0.2, 0.25) is 0 Å². The summed E-state index contributed by atoms with van der Waals surface area (Å²) in [7, 11) is 0. The van der Waals surface area contributed by atoms with Crippen molar-refractivity contribution in [3.05, 3.63) is 12.2 Å². The highest BCUT2D eigenvalue weighted by atomic mass is 16.4. The normalized spacial score (nSPS) is 12.8. The number of carboxylic acid groups (broad SMARTS) is 2. The van der Waals surface area contributed by atoms with Crippen LogP contribution in [0.5, 0.6) is 0 Å². The molecular formula is C13H22O4. The van der Waals surface area contributed by atoms with Crippen LogP contribution in [0.1, 0.15) is 51.9 Å². The van der Waals surface area contributed by atoms with Crippen molar-refractivity contribution in [3.63, 3.8) is 0 Å². The summed E-state index contributed by atoms with van der Waals surface area (Å²) in [5, 5.41) is 17.4. The van der Waals surface area contributed by atoms with E-state index in [2.05, 4.69) is 19.1 Å². The minimum Gasteiger partial charge on any atom is -0.481 e. The molecule has 0 rings (SSSR count). The average Bonchev–Trinajstić information content (AvgIpc) is 2.25. The van der Waals surface area contributed by atoms with Crippen LogP contribution < -0.4 is 0 Å². The Morgan fingerprint density at radius 1 is 1.12 bits per heavy atom. The predicted octanol–water partition coefficient (Wildman–Crippen LogP) is 3.08. The molecule has 0 saturated carbocycles. The smallest absolute Gasteiger partial charge is 0.307 e. The van der Waals surface area contributed by atoms with Crippen LogP contribution in [0.3, 0.4) is 0 Å². The van der Waals surface area contributed by atoms with Gasteiger partial charge in [0.15, 0.2) is 0 Å². The van der Waals surface area contributed by atoms with Crippen LogP contribution >= 0.6 is 0 Å². The van der Waals surface area contributed by atoms with E-state index in [-0.39, 0.29) is 6.42 Å². The Morgan fingerprint density at radius 3 is 2.29 bits per heavy atom. The molecule has 0 aliphatic carbocycles. The van der Waals surface area contributed by atoms with E-state index in [4.69, 9.17) is 10.2 Å². The highest BCUT2D eigenvalue weighted by Gasteiger charge is 2.19. The van der Waals surface area contributed by atoms with Crippen molar-refractivity contribution >= 4 is 11.9 Å². The predicted molar refractivity (Wildman–Crippen MR) is 65.9 cm³/mol. The molecule has 0 aromatic carbocycles.